The van der Waals surface area contributed by atoms with Gasteiger partial charge in [0.05, 0.1) is 5.54 Å². The summed E-state index contributed by atoms with van der Waals surface area (Å²) >= 11 is 0. The second-order valence-corrected chi connectivity index (χ2v) is 4.12. The molecule has 1 rings (SSSR count). The maximum atomic E-state index is 9.75. The topological polar surface area (TPSA) is 36.4 Å². The Kier molecular flexibility index (Phi) is 2.57. The van der Waals surface area contributed by atoms with Gasteiger partial charge in [0.1, 0.15) is 0 Å². The monoisotopic (exact) mass is 180 g/mol. The average molecular weight is 180 g/mol. The summed E-state index contributed by atoms with van der Waals surface area (Å²) < 4.78 is 0. The van der Waals surface area contributed by atoms with Crippen molar-refractivity contribution in [2.24, 2.45) is 0 Å². The van der Waals surface area contributed by atoms with E-state index in [1.807, 2.05) is 39.8 Å². The highest BCUT2D eigenvalue weighted by Crippen LogP contribution is 2.18. The molecule has 0 aliphatic carbocycles. The van der Waals surface area contributed by atoms with Crippen molar-refractivity contribution in [1.82, 2.24) is 4.98 Å². The van der Waals surface area contributed by atoms with E-state index in [9.17, 15) is 5.21 Å². The number of nitrogens with zero attached hydrogens (tertiary/aromatic N) is 2. The highest BCUT2D eigenvalue weighted by molar-refractivity contribution is 5.37. The van der Waals surface area contributed by atoms with E-state index in [0.29, 0.717) is 5.82 Å². The number of aromatic nitrogens is 1. The van der Waals surface area contributed by atoms with E-state index in [1.54, 1.807) is 6.07 Å². The molecule has 0 fully saturated rings. The van der Waals surface area contributed by atoms with Gasteiger partial charge >= 0.3 is 0 Å². The van der Waals surface area contributed by atoms with E-state index >= 15 is 0 Å². The Balaban J connectivity index is 2.96. The van der Waals surface area contributed by atoms with Crippen LogP contribution in [0.4, 0.5) is 5.82 Å². The lowest BCUT2D eigenvalue weighted by Crippen LogP contribution is -2.39. The molecule has 0 unspecified atom stereocenters. The van der Waals surface area contributed by atoms with Crippen LogP contribution >= 0.6 is 0 Å². The smallest absolute Gasteiger partial charge is 0.152 e. The molecule has 0 saturated heterocycles. The van der Waals surface area contributed by atoms with E-state index in [-0.39, 0.29) is 5.54 Å². The van der Waals surface area contributed by atoms with Crippen molar-refractivity contribution in [3.8, 4) is 0 Å². The van der Waals surface area contributed by atoms with Crippen molar-refractivity contribution in [3.05, 3.63) is 23.9 Å². The van der Waals surface area contributed by atoms with Gasteiger partial charge in [-0.2, -0.15) is 0 Å². The normalized spacial score (nSPS) is 11.5. The van der Waals surface area contributed by atoms with Gasteiger partial charge in [0.25, 0.3) is 0 Å². The highest BCUT2D eigenvalue weighted by atomic mass is 16.5. The third-order valence-electron chi connectivity index (χ3n) is 1.73. The zero-order chi connectivity index (χ0) is 10.1. The molecule has 0 aliphatic heterocycles. The van der Waals surface area contributed by atoms with E-state index < -0.39 is 0 Å². The van der Waals surface area contributed by atoms with Crippen LogP contribution in [-0.2, 0) is 0 Å². The van der Waals surface area contributed by atoms with Crippen molar-refractivity contribution in [1.29, 1.82) is 0 Å². The summed E-state index contributed by atoms with van der Waals surface area (Å²) in [5.41, 5.74) is 0.585. The molecule has 0 aromatic carbocycles. The van der Waals surface area contributed by atoms with Crippen LogP contribution in [0.5, 0.6) is 0 Å². The summed E-state index contributed by atoms with van der Waals surface area (Å²) in [6.07, 6.45) is 0. The zero-order valence-electron chi connectivity index (χ0n) is 8.57. The first kappa shape index (κ1) is 9.99. The molecule has 0 atom stereocenters. The Bertz CT molecular complexity index is 291. The van der Waals surface area contributed by atoms with Gasteiger partial charge in [0, 0.05) is 5.69 Å². The van der Waals surface area contributed by atoms with Gasteiger partial charge in [-0.1, -0.05) is 6.07 Å². The minimum atomic E-state index is -0.319. The summed E-state index contributed by atoms with van der Waals surface area (Å²) in [5.74, 6) is 0.590. The van der Waals surface area contributed by atoms with Gasteiger partial charge in [-0.15, -0.1) is 0 Å². The van der Waals surface area contributed by atoms with Crippen LogP contribution in [0.1, 0.15) is 26.5 Å². The number of hydroxylamine groups is 1. The van der Waals surface area contributed by atoms with E-state index in [0.717, 1.165) is 5.69 Å². The maximum absolute atomic E-state index is 9.75. The van der Waals surface area contributed by atoms with Crippen LogP contribution in [-0.4, -0.2) is 15.7 Å². The van der Waals surface area contributed by atoms with E-state index in [2.05, 4.69) is 4.98 Å². The SMILES string of the molecule is Cc1cccc(N(O)C(C)(C)C)n1. The van der Waals surface area contributed by atoms with Crippen molar-refractivity contribution in [2.75, 3.05) is 5.06 Å². The second kappa shape index (κ2) is 3.34. The van der Waals surface area contributed by atoms with Crippen LogP contribution in [0.15, 0.2) is 18.2 Å². The first-order valence-corrected chi connectivity index (χ1v) is 4.34. The number of rotatable bonds is 1. The van der Waals surface area contributed by atoms with Gasteiger partial charge in [-0.3, -0.25) is 5.21 Å². The molecule has 0 amide bonds. The average Bonchev–Trinajstić information content (AvgIpc) is 2.01. The van der Waals surface area contributed by atoms with E-state index in [4.69, 9.17) is 0 Å². The lowest BCUT2D eigenvalue weighted by Gasteiger charge is -2.30. The number of hydrogen-bond acceptors (Lipinski definition) is 3. The van der Waals surface area contributed by atoms with Crippen LogP contribution < -0.4 is 5.06 Å². The van der Waals surface area contributed by atoms with Gasteiger partial charge in [0.2, 0.25) is 0 Å². The molecular formula is C10H16N2O. The number of aryl methyl sites for hydroxylation is 1. The molecular weight excluding hydrogens is 164 g/mol. The summed E-state index contributed by atoms with van der Waals surface area (Å²) in [4.78, 5) is 4.22. The predicted molar refractivity (Wildman–Crippen MR) is 53.0 cm³/mol. The molecule has 13 heavy (non-hydrogen) atoms. The molecule has 0 spiro atoms. The van der Waals surface area contributed by atoms with Crippen molar-refractivity contribution < 1.29 is 5.21 Å². The molecule has 1 aromatic heterocycles. The Morgan fingerprint density at radius 2 is 1.92 bits per heavy atom. The number of anilines is 1. The number of pyridine rings is 1. The van der Waals surface area contributed by atoms with Gasteiger partial charge in [0.15, 0.2) is 5.82 Å². The highest BCUT2D eigenvalue weighted by Gasteiger charge is 2.20. The maximum Gasteiger partial charge on any atom is 0.152 e. The van der Waals surface area contributed by atoms with Crippen LogP contribution in [0.25, 0.3) is 0 Å². The van der Waals surface area contributed by atoms with Gasteiger partial charge < -0.3 is 0 Å². The molecule has 0 bridgehead atoms. The Labute approximate surface area is 79.0 Å². The molecule has 3 heteroatoms. The third kappa shape index (κ3) is 2.42. The Morgan fingerprint density at radius 3 is 2.38 bits per heavy atom. The van der Waals surface area contributed by atoms with Crippen molar-refractivity contribution in [2.45, 2.75) is 33.2 Å². The van der Waals surface area contributed by atoms with Crippen LogP contribution in [0.2, 0.25) is 0 Å². The largest absolute Gasteiger partial charge is 0.286 e. The fourth-order valence-corrected chi connectivity index (χ4v) is 0.990. The molecule has 3 nitrogen and oxygen atoms in total. The molecule has 1 aromatic rings. The van der Waals surface area contributed by atoms with Gasteiger partial charge in [-0.25, -0.2) is 10.0 Å². The summed E-state index contributed by atoms with van der Waals surface area (Å²) in [5, 5.41) is 10.9. The zero-order valence-corrected chi connectivity index (χ0v) is 8.57. The lowest BCUT2D eigenvalue weighted by atomic mass is 10.1. The Morgan fingerprint density at radius 1 is 1.31 bits per heavy atom. The molecule has 72 valence electrons. The molecule has 1 heterocycles. The number of hydrogen-bond donors (Lipinski definition) is 1. The first-order chi connectivity index (χ1) is 5.91. The minimum absolute atomic E-state index is 0.319. The van der Waals surface area contributed by atoms with Crippen LogP contribution in [0.3, 0.4) is 0 Å². The summed E-state index contributed by atoms with van der Waals surface area (Å²) in [7, 11) is 0. The van der Waals surface area contributed by atoms with E-state index in [1.165, 1.54) is 5.06 Å². The fourth-order valence-electron chi connectivity index (χ4n) is 0.990. The summed E-state index contributed by atoms with van der Waals surface area (Å²) in [6, 6.07) is 5.57. The van der Waals surface area contributed by atoms with Gasteiger partial charge in [-0.05, 0) is 39.8 Å². The second-order valence-electron chi connectivity index (χ2n) is 4.12. The Hall–Kier alpha value is -1.09. The molecule has 0 saturated carbocycles. The predicted octanol–water partition coefficient (Wildman–Crippen LogP) is 2.38. The molecule has 0 aliphatic rings. The summed E-state index contributed by atoms with van der Waals surface area (Å²) in [6.45, 7) is 7.69. The third-order valence-corrected chi connectivity index (χ3v) is 1.73. The fraction of sp³-hybridized carbons (Fsp3) is 0.500. The standard InChI is InChI=1S/C10H16N2O/c1-8-6-5-7-9(11-8)12(13)10(2,3)4/h5-7,13H,1-4H3. The first-order valence-electron chi connectivity index (χ1n) is 4.34. The lowest BCUT2D eigenvalue weighted by molar-refractivity contribution is 0.178. The molecule has 0 radical (unpaired) electrons. The quantitative estimate of drug-likeness (QED) is 0.674. The minimum Gasteiger partial charge on any atom is -0.286 e. The van der Waals surface area contributed by atoms with Crippen molar-refractivity contribution >= 4 is 5.82 Å². The van der Waals surface area contributed by atoms with Crippen LogP contribution in [0, 0.1) is 6.92 Å². The molecule has 1 N–H and O–H groups in total. The van der Waals surface area contributed by atoms with Crippen molar-refractivity contribution in [3.63, 3.8) is 0 Å².